The van der Waals surface area contributed by atoms with Crippen LogP contribution in [0.5, 0.6) is 0 Å². The van der Waals surface area contributed by atoms with Crippen molar-refractivity contribution < 1.29 is 15.0 Å². The summed E-state index contributed by atoms with van der Waals surface area (Å²) in [4.78, 5) is 14.7. The molecule has 5 nitrogen and oxygen atoms in total. The third kappa shape index (κ3) is 2.25. The SMILES string of the molecule is Cn1c(C(O)CC(=O)O)nc2cc(Cl)ccc21. The van der Waals surface area contributed by atoms with Crippen LogP contribution in [0.25, 0.3) is 11.0 Å². The van der Waals surface area contributed by atoms with E-state index in [2.05, 4.69) is 4.98 Å². The van der Waals surface area contributed by atoms with Crippen LogP contribution in [0.1, 0.15) is 18.3 Å². The summed E-state index contributed by atoms with van der Waals surface area (Å²) in [6.07, 6.45) is -1.49. The Morgan fingerprint density at radius 3 is 2.94 bits per heavy atom. The summed E-state index contributed by atoms with van der Waals surface area (Å²) in [5.74, 6) is -0.743. The average Bonchev–Trinajstić information content (AvgIpc) is 2.54. The van der Waals surface area contributed by atoms with Crippen molar-refractivity contribution in [2.75, 3.05) is 0 Å². The van der Waals surface area contributed by atoms with Gasteiger partial charge in [0.15, 0.2) is 0 Å². The summed E-state index contributed by atoms with van der Waals surface area (Å²) in [6, 6.07) is 5.18. The molecule has 0 saturated heterocycles. The first-order chi connectivity index (χ1) is 7.99. The molecule has 0 saturated carbocycles. The standard InChI is InChI=1S/C11H11ClN2O3/c1-14-8-3-2-6(12)4-7(8)13-11(14)9(15)5-10(16)17/h2-4,9,15H,5H2,1H3,(H,16,17). The number of aliphatic hydroxyl groups excluding tert-OH is 1. The van der Waals surface area contributed by atoms with Gasteiger partial charge >= 0.3 is 5.97 Å². The number of carbonyl (C=O) groups is 1. The molecule has 0 aliphatic rings. The van der Waals surface area contributed by atoms with Gasteiger partial charge in [-0.1, -0.05) is 11.6 Å². The highest BCUT2D eigenvalue weighted by atomic mass is 35.5. The first-order valence-corrected chi connectivity index (χ1v) is 5.38. The fraction of sp³-hybridized carbons (Fsp3) is 0.273. The van der Waals surface area contributed by atoms with E-state index < -0.39 is 12.1 Å². The van der Waals surface area contributed by atoms with Crippen molar-refractivity contribution >= 4 is 28.6 Å². The second kappa shape index (κ2) is 4.35. The van der Waals surface area contributed by atoms with Crippen molar-refractivity contribution in [1.82, 2.24) is 9.55 Å². The van der Waals surface area contributed by atoms with Gasteiger partial charge in [-0.3, -0.25) is 4.79 Å². The number of imidazole rings is 1. The van der Waals surface area contributed by atoms with Crippen LogP contribution in [0.15, 0.2) is 18.2 Å². The normalized spacial score (nSPS) is 12.9. The van der Waals surface area contributed by atoms with Crippen LogP contribution in [0, 0.1) is 0 Å². The van der Waals surface area contributed by atoms with Crippen LogP contribution in [-0.2, 0) is 11.8 Å². The molecule has 0 aliphatic carbocycles. The minimum atomic E-state index is -1.12. The molecular formula is C11H11ClN2O3. The third-order valence-corrected chi connectivity index (χ3v) is 2.78. The molecule has 0 fully saturated rings. The zero-order valence-electron chi connectivity index (χ0n) is 9.09. The topological polar surface area (TPSA) is 75.4 Å². The Labute approximate surface area is 102 Å². The summed E-state index contributed by atoms with van der Waals surface area (Å²) in [7, 11) is 1.73. The van der Waals surface area contributed by atoms with Crippen LogP contribution < -0.4 is 0 Å². The number of halogens is 1. The molecule has 2 N–H and O–H groups in total. The number of aromatic nitrogens is 2. The number of aliphatic hydroxyl groups is 1. The fourth-order valence-electron chi connectivity index (χ4n) is 1.75. The smallest absolute Gasteiger partial charge is 0.306 e. The van der Waals surface area contributed by atoms with Gasteiger partial charge in [-0.25, -0.2) is 4.98 Å². The van der Waals surface area contributed by atoms with Gasteiger partial charge in [-0.05, 0) is 18.2 Å². The van der Waals surface area contributed by atoms with E-state index in [0.29, 0.717) is 16.4 Å². The summed E-state index contributed by atoms with van der Waals surface area (Å²) in [6.45, 7) is 0. The van der Waals surface area contributed by atoms with Gasteiger partial charge in [-0.2, -0.15) is 0 Å². The lowest BCUT2D eigenvalue weighted by Gasteiger charge is -2.07. The van der Waals surface area contributed by atoms with E-state index in [9.17, 15) is 9.90 Å². The molecule has 0 radical (unpaired) electrons. The minimum absolute atomic E-state index is 0.324. The lowest BCUT2D eigenvalue weighted by molar-refractivity contribution is -0.139. The molecule has 17 heavy (non-hydrogen) atoms. The van der Waals surface area contributed by atoms with Gasteiger partial charge in [0, 0.05) is 12.1 Å². The quantitative estimate of drug-likeness (QED) is 0.875. The molecule has 0 aliphatic heterocycles. The number of aryl methyl sites for hydroxylation is 1. The maximum atomic E-state index is 10.5. The molecule has 2 rings (SSSR count). The highest BCUT2D eigenvalue weighted by Crippen LogP contribution is 2.23. The van der Waals surface area contributed by atoms with E-state index in [4.69, 9.17) is 16.7 Å². The molecular weight excluding hydrogens is 244 g/mol. The van der Waals surface area contributed by atoms with Crippen LogP contribution in [-0.4, -0.2) is 25.7 Å². The zero-order chi connectivity index (χ0) is 12.6. The van der Waals surface area contributed by atoms with E-state index in [1.54, 1.807) is 29.8 Å². The number of carboxylic acid groups (broad SMARTS) is 1. The van der Waals surface area contributed by atoms with Crippen LogP contribution in [0.2, 0.25) is 5.02 Å². The molecule has 90 valence electrons. The molecule has 1 aromatic heterocycles. The summed E-state index contributed by atoms with van der Waals surface area (Å²) in [5.41, 5.74) is 1.44. The fourth-order valence-corrected chi connectivity index (χ4v) is 1.91. The summed E-state index contributed by atoms with van der Waals surface area (Å²) < 4.78 is 1.67. The lowest BCUT2D eigenvalue weighted by Crippen LogP contribution is -2.10. The van der Waals surface area contributed by atoms with Gasteiger partial charge < -0.3 is 14.8 Å². The Morgan fingerprint density at radius 1 is 1.59 bits per heavy atom. The Bertz CT molecular complexity index is 579. The second-order valence-corrected chi connectivity index (χ2v) is 4.21. The summed E-state index contributed by atoms with van der Waals surface area (Å²) >= 11 is 5.84. The van der Waals surface area contributed by atoms with Crippen molar-refractivity contribution in [2.24, 2.45) is 7.05 Å². The van der Waals surface area contributed by atoms with E-state index in [-0.39, 0.29) is 6.42 Å². The maximum absolute atomic E-state index is 10.5. The predicted octanol–water partition coefficient (Wildman–Crippen LogP) is 1.73. The van der Waals surface area contributed by atoms with Crippen molar-refractivity contribution in [2.45, 2.75) is 12.5 Å². The van der Waals surface area contributed by atoms with E-state index >= 15 is 0 Å². The molecule has 1 unspecified atom stereocenters. The molecule has 0 bridgehead atoms. The van der Waals surface area contributed by atoms with Crippen LogP contribution >= 0.6 is 11.6 Å². The first-order valence-electron chi connectivity index (χ1n) is 5.01. The summed E-state index contributed by atoms with van der Waals surface area (Å²) in [5, 5.41) is 18.9. The van der Waals surface area contributed by atoms with Crippen molar-refractivity contribution in [3.05, 3.63) is 29.0 Å². The van der Waals surface area contributed by atoms with Crippen LogP contribution in [0.4, 0.5) is 0 Å². The van der Waals surface area contributed by atoms with Crippen molar-refractivity contribution in [1.29, 1.82) is 0 Å². The number of nitrogens with zero attached hydrogens (tertiary/aromatic N) is 2. The molecule has 1 heterocycles. The van der Waals surface area contributed by atoms with Gasteiger partial charge in [-0.15, -0.1) is 0 Å². The van der Waals surface area contributed by atoms with Gasteiger partial charge in [0.2, 0.25) is 0 Å². The molecule has 1 aromatic carbocycles. The van der Waals surface area contributed by atoms with Gasteiger partial charge in [0.1, 0.15) is 11.9 Å². The Morgan fingerprint density at radius 2 is 2.29 bits per heavy atom. The maximum Gasteiger partial charge on any atom is 0.306 e. The number of rotatable bonds is 3. The van der Waals surface area contributed by atoms with Crippen molar-refractivity contribution in [3.8, 4) is 0 Å². The largest absolute Gasteiger partial charge is 0.481 e. The third-order valence-electron chi connectivity index (χ3n) is 2.54. The molecule has 6 heteroatoms. The first kappa shape index (κ1) is 11.9. The Hall–Kier alpha value is -1.59. The van der Waals surface area contributed by atoms with Gasteiger partial charge in [0.25, 0.3) is 0 Å². The molecule has 0 amide bonds. The Balaban J connectivity index is 2.48. The molecule has 0 spiro atoms. The van der Waals surface area contributed by atoms with E-state index in [0.717, 1.165) is 5.52 Å². The van der Waals surface area contributed by atoms with Gasteiger partial charge in [0.05, 0.1) is 17.5 Å². The average molecular weight is 255 g/mol. The Kier molecular flexibility index (Phi) is 3.04. The van der Waals surface area contributed by atoms with Crippen molar-refractivity contribution in [3.63, 3.8) is 0 Å². The highest BCUT2D eigenvalue weighted by Gasteiger charge is 2.18. The monoisotopic (exact) mass is 254 g/mol. The molecule has 1 atom stereocenters. The number of fused-ring (bicyclic) bond motifs is 1. The van der Waals surface area contributed by atoms with E-state index in [1.807, 2.05) is 0 Å². The number of aliphatic carboxylic acids is 1. The number of hydrogen-bond donors (Lipinski definition) is 2. The molecule has 2 aromatic rings. The number of hydrogen-bond acceptors (Lipinski definition) is 3. The zero-order valence-corrected chi connectivity index (χ0v) is 9.85. The number of carboxylic acids is 1. The minimum Gasteiger partial charge on any atom is -0.481 e. The van der Waals surface area contributed by atoms with E-state index in [1.165, 1.54) is 0 Å². The second-order valence-electron chi connectivity index (χ2n) is 3.78. The number of benzene rings is 1. The highest BCUT2D eigenvalue weighted by molar-refractivity contribution is 6.31. The predicted molar refractivity (Wildman–Crippen MR) is 62.9 cm³/mol. The lowest BCUT2D eigenvalue weighted by atomic mass is 10.2. The van der Waals surface area contributed by atoms with Crippen LogP contribution in [0.3, 0.4) is 0 Å².